The van der Waals surface area contributed by atoms with Crippen LogP contribution in [-0.4, -0.2) is 20.4 Å². The number of benzene rings is 2. The van der Waals surface area contributed by atoms with Crippen LogP contribution in [0.4, 0.5) is 0 Å². The maximum atomic E-state index is 12.7. The van der Waals surface area contributed by atoms with Crippen molar-refractivity contribution >= 4 is 39.9 Å². The van der Waals surface area contributed by atoms with Crippen LogP contribution in [0.2, 0.25) is 5.02 Å². The highest BCUT2D eigenvalue weighted by atomic mass is 35.5. The van der Waals surface area contributed by atoms with E-state index in [-0.39, 0.29) is 18.5 Å². The second-order valence-electron chi connectivity index (χ2n) is 6.23. The maximum absolute atomic E-state index is 12.7. The summed E-state index contributed by atoms with van der Waals surface area (Å²) in [7, 11) is 0. The summed E-state index contributed by atoms with van der Waals surface area (Å²) in [6.07, 6.45) is 0. The zero-order valence-electron chi connectivity index (χ0n) is 14.6. The number of aromatic nitrogens is 3. The average molecular weight is 397 g/mol. The van der Waals surface area contributed by atoms with Crippen LogP contribution in [0.3, 0.4) is 0 Å². The summed E-state index contributed by atoms with van der Waals surface area (Å²) < 4.78 is 1.91. The second kappa shape index (κ2) is 7.50. The maximum Gasteiger partial charge on any atom is 0.240 e. The van der Waals surface area contributed by atoms with E-state index < -0.39 is 0 Å². The fourth-order valence-electron chi connectivity index (χ4n) is 3.04. The predicted octanol–water partition coefficient (Wildman–Crippen LogP) is 4.69. The topological polar surface area (TPSA) is 59.8 Å². The van der Waals surface area contributed by atoms with Crippen molar-refractivity contribution in [3.8, 4) is 11.5 Å². The molecule has 136 valence electrons. The second-order valence-corrected chi connectivity index (χ2v) is 7.38. The number of imidazole rings is 1. The van der Waals surface area contributed by atoms with Gasteiger partial charge in [-0.1, -0.05) is 35.9 Å². The molecule has 1 atom stereocenters. The van der Waals surface area contributed by atoms with Crippen molar-refractivity contribution in [3.05, 3.63) is 70.0 Å². The summed E-state index contributed by atoms with van der Waals surface area (Å²) in [5.41, 5.74) is 5.25. The first-order valence-electron chi connectivity index (χ1n) is 8.50. The molecular weight excluding hydrogens is 380 g/mol. The van der Waals surface area contributed by atoms with Crippen molar-refractivity contribution in [1.29, 1.82) is 0 Å². The van der Waals surface area contributed by atoms with Crippen LogP contribution in [0.5, 0.6) is 0 Å². The van der Waals surface area contributed by atoms with E-state index in [0.29, 0.717) is 10.8 Å². The molecule has 2 aromatic carbocycles. The van der Waals surface area contributed by atoms with Crippen LogP contribution in [0, 0.1) is 0 Å². The fraction of sp³-hybridized carbons (Fsp3) is 0.150. The SMILES string of the molecule is C[C@H](NC(=O)Cn1c(-c2cscn2)nc2ccccc21)c1cccc(Cl)c1. The molecule has 0 saturated heterocycles. The molecule has 7 heteroatoms. The van der Waals surface area contributed by atoms with Crippen LogP contribution < -0.4 is 5.32 Å². The average Bonchev–Trinajstić information content (AvgIpc) is 3.30. The summed E-state index contributed by atoms with van der Waals surface area (Å²) in [5.74, 6) is 0.602. The van der Waals surface area contributed by atoms with Gasteiger partial charge >= 0.3 is 0 Å². The third kappa shape index (κ3) is 3.72. The molecule has 0 radical (unpaired) electrons. The molecule has 4 aromatic rings. The van der Waals surface area contributed by atoms with Gasteiger partial charge in [0.15, 0.2) is 5.82 Å². The number of thiazole rings is 1. The lowest BCUT2D eigenvalue weighted by atomic mass is 10.1. The zero-order chi connectivity index (χ0) is 18.8. The van der Waals surface area contributed by atoms with E-state index in [1.807, 2.05) is 65.4 Å². The van der Waals surface area contributed by atoms with E-state index in [2.05, 4.69) is 15.3 Å². The Morgan fingerprint density at radius 3 is 2.89 bits per heavy atom. The van der Waals surface area contributed by atoms with Gasteiger partial charge in [-0.05, 0) is 36.8 Å². The molecule has 27 heavy (non-hydrogen) atoms. The minimum absolute atomic E-state index is 0.0953. The molecule has 1 amide bonds. The van der Waals surface area contributed by atoms with Crippen molar-refractivity contribution in [2.75, 3.05) is 0 Å². The molecule has 0 spiro atoms. The van der Waals surface area contributed by atoms with E-state index in [1.54, 1.807) is 5.51 Å². The Morgan fingerprint density at radius 1 is 1.26 bits per heavy atom. The predicted molar refractivity (Wildman–Crippen MR) is 109 cm³/mol. The number of carbonyl (C=O) groups is 1. The number of amides is 1. The van der Waals surface area contributed by atoms with Gasteiger partial charge in [0.25, 0.3) is 0 Å². The monoisotopic (exact) mass is 396 g/mol. The Bertz CT molecular complexity index is 1090. The number of nitrogens with zero attached hydrogens (tertiary/aromatic N) is 3. The highest BCUT2D eigenvalue weighted by Crippen LogP contribution is 2.25. The highest BCUT2D eigenvalue weighted by molar-refractivity contribution is 7.07. The molecule has 4 rings (SSSR count). The minimum Gasteiger partial charge on any atom is -0.348 e. The van der Waals surface area contributed by atoms with Gasteiger partial charge < -0.3 is 9.88 Å². The molecule has 0 saturated carbocycles. The molecule has 0 aliphatic carbocycles. The van der Waals surface area contributed by atoms with E-state index in [1.165, 1.54) is 11.3 Å². The standard InChI is InChI=1S/C20H17ClN4OS/c1-13(14-5-4-6-15(21)9-14)23-19(26)10-25-18-8-3-2-7-16(18)24-20(25)17-11-27-12-22-17/h2-9,11-13H,10H2,1H3,(H,23,26)/t13-/m0/s1. The van der Waals surface area contributed by atoms with E-state index in [4.69, 9.17) is 11.6 Å². The van der Waals surface area contributed by atoms with Crippen LogP contribution in [0.25, 0.3) is 22.6 Å². The van der Waals surface area contributed by atoms with Gasteiger partial charge in [0.2, 0.25) is 5.91 Å². The fourth-order valence-corrected chi connectivity index (χ4v) is 3.77. The summed E-state index contributed by atoms with van der Waals surface area (Å²) in [6.45, 7) is 2.11. The summed E-state index contributed by atoms with van der Waals surface area (Å²) >= 11 is 7.56. The summed E-state index contributed by atoms with van der Waals surface area (Å²) in [5, 5.41) is 5.62. The van der Waals surface area contributed by atoms with E-state index >= 15 is 0 Å². The highest BCUT2D eigenvalue weighted by Gasteiger charge is 2.17. The Hall–Kier alpha value is -2.70. The van der Waals surface area contributed by atoms with Crippen molar-refractivity contribution in [2.24, 2.45) is 0 Å². The number of rotatable bonds is 5. The van der Waals surface area contributed by atoms with Crippen LogP contribution in [0.15, 0.2) is 59.4 Å². The molecule has 0 fully saturated rings. The first-order chi connectivity index (χ1) is 13.1. The quantitative estimate of drug-likeness (QED) is 0.532. The van der Waals surface area contributed by atoms with Gasteiger partial charge in [-0.2, -0.15) is 0 Å². The molecule has 1 N–H and O–H groups in total. The van der Waals surface area contributed by atoms with Gasteiger partial charge in [-0.3, -0.25) is 4.79 Å². The number of hydrogen-bond donors (Lipinski definition) is 1. The number of fused-ring (bicyclic) bond motifs is 1. The Balaban J connectivity index is 1.61. The lowest BCUT2D eigenvalue weighted by Gasteiger charge is -2.16. The zero-order valence-corrected chi connectivity index (χ0v) is 16.2. The molecular formula is C20H17ClN4OS. The smallest absolute Gasteiger partial charge is 0.240 e. The van der Waals surface area contributed by atoms with Crippen molar-refractivity contribution in [2.45, 2.75) is 19.5 Å². The van der Waals surface area contributed by atoms with Gasteiger partial charge in [0.05, 0.1) is 22.6 Å². The summed E-state index contributed by atoms with van der Waals surface area (Å²) in [6, 6.07) is 15.1. The normalized spacial score (nSPS) is 12.2. The van der Waals surface area contributed by atoms with Crippen molar-refractivity contribution in [3.63, 3.8) is 0 Å². The molecule has 2 heterocycles. The van der Waals surface area contributed by atoms with E-state index in [0.717, 1.165) is 22.3 Å². The third-order valence-corrected chi connectivity index (χ3v) is 5.17. The third-order valence-electron chi connectivity index (χ3n) is 4.34. The van der Waals surface area contributed by atoms with Crippen molar-refractivity contribution < 1.29 is 4.79 Å². The first-order valence-corrected chi connectivity index (χ1v) is 9.82. The van der Waals surface area contributed by atoms with Gasteiger partial charge in [0, 0.05) is 10.4 Å². The molecule has 2 aromatic heterocycles. The van der Waals surface area contributed by atoms with E-state index in [9.17, 15) is 4.79 Å². The summed E-state index contributed by atoms with van der Waals surface area (Å²) in [4.78, 5) is 21.8. The lowest BCUT2D eigenvalue weighted by molar-refractivity contribution is -0.122. The number of nitrogens with one attached hydrogen (secondary N) is 1. The molecule has 0 unspecified atom stereocenters. The minimum atomic E-state index is -0.145. The largest absolute Gasteiger partial charge is 0.348 e. The van der Waals surface area contributed by atoms with Crippen LogP contribution in [-0.2, 0) is 11.3 Å². The van der Waals surface area contributed by atoms with Crippen LogP contribution in [0.1, 0.15) is 18.5 Å². The van der Waals surface area contributed by atoms with Crippen molar-refractivity contribution in [1.82, 2.24) is 19.9 Å². The number of halogens is 1. The Labute approximate surface area is 165 Å². The van der Waals surface area contributed by atoms with Gasteiger partial charge in [0.1, 0.15) is 12.2 Å². The van der Waals surface area contributed by atoms with Gasteiger partial charge in [-0.25, -0.2) is 9.97 Å². The lowest BCUT2D eigenvalue weighted by Crippen LogP contribution is -2.30. The van der Waals surface area contributed by atoms with Crippen LogP contribution >= 0.6 is 22.9 Å². The Morgan fingerprint density at radius 2 is 2.11 bits per heavy atom. The number of hydrogen-bond acceptors (Lipinski definition) is 4. The molecule has 0 bridgehead atoms. The molecule has 5 nitrogen and oxygen atoms in total. The number of carbonyl (C=O) groups excluding carboxylic acids is 1. The first kappa shape index (κ1) is 17.7. The Kier molecular flexibility index (Phi) is 4.92. The number of para-hydroxylation sites is 2. The molecule has 0 aliphatic heterocycles. The molecule has 0 aliphatic rings. The van der Waals surface area contributed by atoms with Gasteiger partial charge in [-0.15, -0.1) is 11.3 Å².